The zero-order valence-electron chi connectivity index (χ0n) is 19.6. The average Bonchev–Trinajstić information content (AvgIpc) is 3.44. The van der Waals surface area contributed by atoms with Crippen molar-refractivity contribution in [2.24, 2.45) is 5.73 Å². The van der Waals surface area contributed by atoms with Crippen LogP contribution in [0.4, 0.5) is 5.13 Å². The van der Waals surface area contributed by atoms with Gasteiger partial charge in [0.15, 0.2) is 5.13 Å². The number of carbonyl (C=O) groups is 2. The Hall–Kier alpha value is -4.11. The summed E-state index contributed by atoms with van der Waals surface area (Å²) >= 11 is 1.23. The van der Waals surface area contributed by atoms with Crippen LogP contribution in [0.3, 0.4) is 0 Å². The molecule has 0 unspecified atom stereocenters. The van der Waals surface area contributed by atoms with Gasteiger partial charge in [0.25, 0.3) is 0 Å². The molecule has 9 heteroatoms. The first-order chi connectivity index (χ1) is 16.9. The number of nitrogens with two attached hydrogens (primary N) is 1. The number of nitrogens with zero attached hydrogens (tertiary/aromatic N) is 1. The minimum Gasteiger partial charge on any atom is -0.497 e. The fourth-order valence-corrected chi connectivity index (χ4v) is 4.41. The highest BCUT2D eigenvalue weighted by Gasteiger charge is 2.16. The summed E-state index contributed by atoms with van der Waals surface area (Å²) in [5, 5.41) is 5.71. The Morgan fingerprint density at radius 3 is 2.83 bits per heavy atom. The Kier molecular flexibility index (Phi) is 7.17. The van der Waals surface area contributed by atoms with Gasteiger partial charge in [-0.05, 0) is 43.2 Å². The van der Waals surface area contributed by atoms with E-state index in [4.69, 9.17) is 19.6 Å². The van der Waals surface area contributed by atoms with Gasteiger partial charge >= 0.3 is 0 Å². The van der Waals surface area contributed by atoms with Crippen LogP contribution in [0, 0.1) is 0 Å². The largest absolute Gasteiger partial charge is 0.497 e. The lowest BCUT2D eigenvalue weighted by Gasteiger charge is -2.12. The Balaban J connectivity index is 1.67. The summed E-state index contributed by atoms with van der Waals surface area (Å²) in [6, 6.07) is 11.5. The molecule has 2 amide bonds. The summed E-state index contributed by atoms with van der Waals surface area (Å²) in [7, 11) is 1.63. The summed E-state index contributed by atoms with van der Waals surface area (Å²) in [5.74, 6) is 0.545. The van der Waals surface area contributed by atoms with Crippen molar-refractivity contribution < 1.29 is 23.5 Å². The second kappa shape index (κ2) is 10.4. The second-order valence-corrected chi connectivity index (χ2v) is 8.62. The number of furan rings is 1. The van der Waals surface area contributed by atoms with Gasteiger partial charge in [-0.25, -0.2) is 4.98 Å². The van der Waals surface area contributed by atoms with Crippen LogP contribution in [0.2, 0.25) is 0 Å². The third-order valence-corrected chi connectivity index (χ3v) is 6.07. The number of carbonyl (C=O) groups excluding carboxylic acids is 2. The molecule has 2 aromatic carbocycles. The van der Waals surface area contributed by atoms with E-state index >= 15 is 0 Å². The molecule has 2 heterocycles. The maximum atomic E-state index is 12.7. The number of hydrogen-bond donors (Lipinski definition) is 2. The summed E-state index contributed by atoms with van der Waals surface area (Å²) in [6.45, 7) is 4.20. The lowest BCUT2D eigenvalue weighted by molar-refractivity contribution is -0.117. The molecule has 0 radical (unpaired) electrons. The van der Waals surface area contributed by atoms with Gasteiger partial charge in [-0.1, -0.05) is 12.1 Å². The van der Waals surface area contributed by atoms with Crippen LogP contribution < -0.4 is 20.5 Å². The smallest absolute Gasteiger partial charge is 0.250 e. The standard InChI is InChI=1S/C26H25N3O5S/c1-4-33-22-12-23-20(21(13-34-23)16-6-5-7-18(9-16)32-3)11-19(22)15(2)8-25(31)29-26-28-17(14-35-26)10-24(27)30/h5-9,11-14H,4,10H2,1-3H3,(H2,27,30)(H,28,29,31)/b15-8+. The zero-order valence-corrected chi connectivity index (χ0v) is 20.4. The molecule has 4 aromatic rings. The number of primary amides is 1. The predicted octanol–water partition coefficient (Wildman–Crippen LogP) is 5.03. The molecule has 4 rings (SSSR count). The average molecular weight is 492 g/mol. The molecular weight excluding hydrogens is 466 g/mol. The predicted molar refractivity (Wildman–Crippen MR) is 137 cm³/mol. The van der Waals surface area contributed by atoms with E-state index in [2.05, 4.69) is 10.3 Å². The van der Waals surface area contributed by atoms with Gasteiger partial charge in [0.2, 0.25) is 11.8 Å². The number of rotatable bonds is 9. The Labute approximate surface area is 206 Å². The molecule has 0 fully saturated rings. The number of benzene rings is 2. The van der Waals surface area contributed by atoms with Crippen molar-refractivity contribution in [2.45, 2.75) is 20.3 Å². The van der Waals surface area contributed by atoms with Gasteiger partial charge < -0.3 is 19.6 Å². The normalized spacial score (nSPS) is 11.5. The third kappa shape index (κ3) is 5.52. The molecule has 2 aromatic heterocycles. The number of fused-ring (bicyclic) bond motifs is 1. The Morgan fingerprint density at radius 2 is 2.09 bits per heavy atom. The van der Waals surface area contributed by atoms with E-state index in [1.54, 1.807) is 18.8 Å². The van der Waals surface area contributed by atoms with Crippen LogP contribution in [0.1, 0.15) is 25.1 Å². The van der Waals surface area contributed by atoms with E-state index in [1.165, 1.54) is 17.4 Å². The molecule has 0 spiro atoms. The molecule has 180 valence electrons. The zero-order chi connectivity index (χ0) is 24.9. The number of thiazole rings is 1. The first-order valence-electron chi connectivity index (χ1n) is 10.9. The minimum atomic E-state index is -0.477. The highest BCUT2D eigenvalue weighted by Crippen LogP contribution is 2.38. The van der Waals surface area contributed by atoms with Crippen LogP contribution in [0.25, 0.3) is 27.7 Å². The topological polar surface area (TPSA) is 117 Å². The van der Waals surface area contributed by atoms with Crippen molar-refractivity contribution in [3.63, 3.8) is 0 Å². The SMILES string of the molecule is CCOc1cc2occ(-c3cccc(OC)c3)c2cc1/C(C)=C/C(=O)Nc1nc(CC(N)=O)cs1. The van der Waals surface area contributed by atoms with Crippen molar-refractivity contribution in [1.29, 1.82) is 0 Å². The summed E-state index contributed by atoms with van der Waals surface area (Å²) in [4.78, 5) is 28.0. The van der Waals surface area contributed by atoms with Crippen molar-refractivity contribution in [1.82, 2.24) is 4.98 Å². The highest BCUT2D eigenvalue weighted by atomic mass is 32.1. The van der Waals surface area contributed by atoms with Gasteiger partial charge in [0.05, 0.1) is 32.1 Å². The quantitative estimate of drug-likeness (QED) is 0.317. The van der Waals surface area contributed by atoms with E-state index in [9.17, 15) is 9.59 Å². The van der Waals surface area contributed by atoms with E-state index in [0.29, 0.717) is 34.3 Å². The van der Waals surface area contributed by atoms with Crippen LogP contribution in [0.15, 0.2) is 58.5 Å². The van der Waals surface area contributed by atoms with Crippen molar-refractivity contribution >= 4 is 44.8 Å². The van der Waals surface area contributed by atoms with Crippen molar-refractivity contribution in [2.75, 3.05) is 19.0 Å². The van der Waals surface area contributed by atoms with Crippen LogP contribution in [0.5, 0.6) is 11.5 Å². The highest BCUT2D eigenvalue weighted by molar-refractivity contribution is 7.14. The van der Waals surface area contributed by atoms with Gasteiger partial charge in [0, 0.05) is 34.0 Å². The van der Waals surface area contributed by atoms with Crippen molar-refractivity contribution in [3.05, 3.63) is 65.4 Å². The fourth-order valence-electron chi connectivity index (χ4n) is 3.69. The van der Waals surface area contributed by atoms with Crippen LogP contribution in [-0.4, -0.2) is 30.5 Å². The molecule has 0 saturated heterocycles. The minimum absolute atomic E-state index is 0.0271. The Bertz CT molecular complexity index is 1420. The van der Waals surface area contributed by atoms with Gasteiger partial charge in [0.1, 0.15) is 17.1 Å². The number of aromatic nitrogens is 1. The molecule has 0 saturated carbocycles. The van der Waals surface area contributed by atoms with Gasteiger partial charge in [-0.3, -0.25) is 14.9 Å². The third-order valence-electron chi connectivity index (χ3n) is 5.27. The van der Waals surface area contributed by atoms with Crippen LogP contribution in [-0.2, 0) is 16.0 Å². The number of methoxy groups -OCH3 is 1. The van der Waals surface area contributed by atoms with Gasteiger partial charge in [-0.2, -0.15) is 0 Å². The molecule has 0 aliphatic rings. The monoisotopic (exact) mass is 491 g/mol. The molecule has 8 nitrogen and oxygen atoms in total. The summed E-state index contributed by atoms with van der Waals surface area (Å²) < 4.78 is 17.0. The second-order valence-electron chi connectivity index (χ2n) is 7.76. The molecule has 0 atom stereocenters. The number of ether oxygens (including phenoxy) is 2. The fraction of sp³-hybridized carbons (Fsp3) is 0.192. The number of hydrogen-bond acceptors (Lipinski definition) is 7. The first-order valence-corrected chi connectivity index (χ1v) is 11.8. The molecule has 35 heavy (non-hydrogen) atoms. The number of amides is 2. The van der Waals surface area contributed by atoms with E-state index in [0.717, 1.165) is 27.8 Å². The van der Waals surface area contributed by atoms with Crippen molar-refractivity contribution in [3.8, 4) is 22.6 Å². The maximum absolute atomic E-state index is 12.7. The van der Waals surface area contributed by atoms with E-state index in [1.807, 2.05) is 50.2 Å². The number of allylic oxidation sites excluding steroid dienone is 1. The summed E-state index contributed by atoms with van der Waals surface area (Å²) in [5.41, 5.74) is 9.74. The molecule has 0 aliphatic heterocycles. The lowest BCUT2D eigenvalue weighted by Crippen LogP contribution is -2.14. The van der Waals surface area contributed by atoms with Gasteiger partial charge in [-0.15, -0.1) is 11.3 Å². The molecule has 3 N–H and O–H groups in total. The number of nitrogens with one attached hydrogen (secondary N) is 1. The summed E-state index contributed by atoms with van der Waals surface area (Å²) in [6.07, 6.45) is 3.22. The number of anilines is 1. The van der Waals surface area contributed by atoms with E-state index in [-0.39, 0.29) is 12.3 Å². The Morgan fingerprint density at radius 1 is 1.26 bits per heavy atom. The van der Waals surface area contributed by atoms with E-state index < -0.39 is 5.91 Å². The molecular formula is C26H25N3O5S. The molecule has 0 bridgehead atoms. The van der Waals surface area contributed by atoms with Crippen LogP contribution >= 0.6 is 11.3 Å². The lowest BCUT2D eigenvalue weighted by atomic mass is 9.99. The molecule has 0 aliphatic carbocycles. The maximum Gasteiger partial charge on any atom is 0.250 e. The first kappa shape index (κ1) is 24.0.